The number of anilines is 1. The lowest BCUT2D eigenvalue weighted by atomic mass is 9.87. The number of ether oxygens (including phenoxy) is 1. The number of piperidine rings is 1. The summed E-state index contributed by atoms with van der Waals surface area (Å²) in [5.41, 5.74) is 0.782. The molecule has 0 aromatic heterocycles. The Bertz CT molecular complexity index is 421. The van der Waals surface area contributed by atoms with E-state index in [1.807, 2.05) is 35.2 Å². The SMILES string of the molecule is O=C1COCC2(CCCNC2)N1c1ccccc1. The Morgan fingerprint density at radius 3 is 2.83 bits per heavy atom. The zero-order chi connectivity index (χ0) is 12.4. The Labute approximate surface area is 107 Å². The van der Waals surface area contributed by atoms with Crippen LogP contribution in [0.2, 0.25) is 0 Å². The molecule has 1 spiro atoms. The van der Waals surface area contributed by atoms with Crippen molar-refractivity contribution in [3.05, 3.63) is 30.3 Å². The molecule has 1 aromatic carbocycles. The highest BCUT2D eigenvalue weighted by atomic mass is 16.5. The maximum Gasteiger partial charge on any atom is 0.253 e. The molecule has 0 radical (unpaired) electrons. The van der Waals surface area contributed by atoms with Gasteiger partial charge in [-0.25, -0.2) is 0 Å². The minimum atomic E-state index is -0.199. The van der Waals surface area contributed by atoms with Crippen molar-refractivity contribution in [2.45, 2.75) is 18.4 Å². The standard InChI is InChI=1S/C14H18N2O2/c17-13-9-18-11-14(7-4-8-15-10-14)16(13)12-5-2-1-3-6-12/h1-3,5-6,15H,4,7-11H2. The zero-order valence-corrected chi connectivity index (χ0v) is 10.4. The average molecular weight is 246 g/mol. The molecule has 2 aliphatic rings. The van der Waals surface area contributed by atoms with Crippen molar-refractivity contribution in [3.63, 3.8) is 0 Å². The molecule has 0 aliphatic carbocycles. The van der Waals surface area contributed by atoms with E-state index in [9.17, 15) is 4.79 Å². The highest BCUT2D eigenvalue weighted by Gasteiger charge is 2.44. The second kappa shape index (κ2) is 4.71. The van der Waals surface area contributed by atoms with Crippen LogP contribution in [0, 0.1) is 0 Å². The molecule has 1 unspecified atom stereocenters. The van der Waals surface area contributed by atoms with Crippen molar-refractivity contribution in [1.29, 1.82) is 0 Å². The van der Waals surface area contributed by atoms with Crippen LogP contribution >= 0.6 is 0 Å². The first kappa shape index (κ1) is 11.7. The lowest BCUT2D eigenvalue weighted by Gasteiger charge is -2.48. The number of benzene rings is 1. The first-order valence-corrected chi connectivity index (χ1v) is 6.48. The maximum atomic E-state index is 12.2. The van der Waals surface area contributed by atoms with Gasteiger partial charge in [-0.2, -0.15) is 0 Å². The molecule has 2 aliphatic heterocycles. The summed E-state index contributed by atoms with van der Waals surface area (Å²) in [4.78, 5) is 14.2. The van der Waals surface area contributed by atoms with Crippen LogP contribution in [0.25, 0.3) is 0 Å². The molecule has 2 fully saturated rings. The summed E-state index contributed by atoms with van der Waals surface area (Å²) >= 11 is 0. The van der Waals surface area contributed by atoms with Crippen LogP contribution in [0.3, 0.4) is 0 Å². The molecule has 0 bridgehead atoms. The van der Waals surface area contributed by atoms with Gasteiger partial charge in [0.05, 0.1) is 12.1 Å². The summed E-state index contributed by atoms with van der Waals surface area (Å²) in [6.07, 6.45) is 2.08. The van der Waals surface area contributed by atoms with Gasteiger partial charge in [-0.15, -0.1) is 0 Å². The van der Waals surface area contributed by atoms with Crippen LogP contribution < -0.4 is 10.2 Å². The third-order valence-electron chi connectivity index (χ3n) is 3.78. The monoisotopic (exact) mass is 246 g/mol. The number of nitrogens with zero attached hydrogens (tertiary/aromatic N) is 1. The lowest BCUT2D eigenvalue weighted by Crippen LogP contribution is -2.66. The average Bonchev–Trinajstić information content (AvgIpc) is 2.41. The minimum absolute atomic E-state index is 0.0659. The summed E-state index contributed by atoms with van der Waals surface area (Å²) in [6, 6.07) is 9.92. The van der Waals surface area contributed by atoms with Gasteiger partial charge in [-0.3, -0.25) is 4.79 Å². The van der Waals surface area contributed by atoms with Crippen molar-refractivity contribution < 1.29 is 9.53 Å². The first-order valence-electron chi connectivity index (χ1n) is 6.48. The smallest absolute Gasteiger partial charge is 0.253 e. The molecular formula is C14H18N2O2. The number of rotatable bonds is 1. The lowest BCUT2D eigenvalue weighted by molar-refractivity contribution is -0.130. The molecule has 4 heteroatoms. The third kappa shape index (κ3) is 1.91. The second-order valence-corrected chi connectivity index (χ2v) is 5.06. The Balaban J connectivity index is 1.98. The first-order chi connectivity index (χ1) is 8.82. The van der Waals surface area contributed by atoms with E-state index in [2.05, 4.69) is 5.32 Å². The van der Waals surface area contributed by atoms with Crippen molar-refractivity contribution in [1.82, 2.24) is 5.32 Å². The van der Waals surface area contributed by atoms with E-state index in [4.69, 9.17) is 4.74 Å². The fourth-order valence-corrected chi connectivity index (χ4v) is 2.98. The molecule has 96 valence electrons. The molecule has 1 aromatic rings. The second-order valence-electron chi connectivity index (χ2n) is 5.06. The van der Waals surface area contributed by atoms with Gasteiger partial charge in [0.1, 0.15) is 6.61 Å². The van der Waals surface area contributed by atoms with E-state index < -0.39 is 0 Å². The van der Waals surface area contributed by atoms with Gasteiger partial charge >= 0.3 is 0 Å². The summed E-state index contributed by atoms with van der Waals surface area (Å²) in [6.45, 7) is 2.66. The summed E-state index contributed by atoms with van der Waals surface area (Å²) in [5, 5.41) is 3.39. The molecule has 4 nitrogen and oxygen atoms in total. The number of morpholine rings is 1. The van der Waals surface area contributed by atoms with Crippen LogP contribution in [0.5, 0.6) is 0 Å². The van der Waals surface area contributed by atoms with E-state index in [0.29, 0.717) is 6.61 Å². The van der Waals surface area contributed by atoms with Gasteiger partial charge in [-0.1, -0.05) is 18.2 Å². The van der Waals surface area contributed by atoms with Crippen LogP contribution in [0.1, 0.15) is 12.8 Å². The number of hydrogen-bond donors (Lipinski definition) is 1. The van der Waals surface area contributed by atoms with Gasteiger partial charge in [-0.05, 0) is 31.5 Å². The molecule has 2 saturated heterocycles. The van der Waals surface area contributed by atoms with Crippen molar-refractivity contribution in [3.8, 4) is 0 Å². The molecule has 3 rings (SSSR count). The van der Waals surface area contributed by atoms with Crippen LogP contribution in [-0.4, -0.2) is 37.7 Å². The van der Waals surface area contributed by atoms with Crippen molar-refractivity contribution in [2.75, 3.05) is 31.2 Å². The highest BCUT2D eigenvalue weighted by Crippen LogP contribution is 2.32. The number of carbonyl (C=O) groups excluding carboxylic acids is 1. The highest BCUT2D eigenvalue weighted by molar-refractivity contribution is 5.96. The largest absolute Gasteiger partial charge is 0.369 e. The van der Waals surface area contributed by atoms with Gasteiger partial charge in [0.25, 0.3) is 5.91 Å². The third-order valence-corrected chi connectivity index (χ3v) is 3.78. The fraction of sp³-hybridized carbons (Fsp3) is 0.500. The predicted octanol–water partition coefficient (Wildman–Crippen LogP) is 1.17. The van der Waals surface area contributed by atoms with E-state index in [1.54, 1.807) is 0 Å². The fourth-order valence-electron chi connectivity index (χ4n) is 2.98. The van der Waals surface area contributed by atoms with Gasteiger partial charge in [0.2, 0.25) is 0 Å². The Hall–Kier alpha value is -1.39. The van der Waals surface area contributed by atoms with Crippen LogP contribution in [0.4, 0.5) is 5.69 Å². The topological polar surface area (TPSA) is 41.6 Å². The van der Waals surface area contributed by atoms with E-state index in [1.165, 1.54) is 0 Å². The predicted molar refractivity (Wildman–Crippen MR) is 69.6 cm³/mol. The molecule has 1 N–H and O–H groups in total. The number of para-hydroxylation sites is 1. The number of nitrogens with one attached hydrogen (secondary N) is 1. The summed E-state index contributed by atoms with van der Waals surface area (Å²) in [7, 11) is 0. The Morgan fingerprint density at radius 1 is 1.28 bits per heavy atom. The molecule has 1 amide bonds. The summed E-state index contributed by atoms with van der Waals surface area (Å²) < 4.78 is 5.50. The Kier molecular flexibility index (Phi) is 3.06. The zero-order valence-electron chi connectivity index (χ0n) is 10.4. The molecule has 2 heterocycles. The van der Waals surface area contributed by atoms with Crippen molar-refractivity contribution in [2.24, 2.45) is 0 Å². The van der Waals surface area contributed by atoms with E-state index in [0.717, 1.165) is 31.6 Å². The summed E-state index contributed by atoms with van der Waals surface area (Å²) in [5.74, 6) is 0.0659. The van der Waals surface area contributed by atoms with Gasteiger partial charge < -0.3 is 15.0 Å². The van der Waals surface area contributed by atoms with Gasteiger partial charge in [0.15, 0.2) is 0 Å². The van der Waals surface area contributed by atoms with E-state index >= 15 is 0 Å². The van der Waals surface area contributed by atoms with Gasteiger partial charge in [0, 0.05) is 12.2 Å². The Morgan fingerprint density at radius 2 is 2.11 bits per heavy atom. The maximum absolute atomic E-state index is 12.2. The normalized spacial score (nSPS) is 28.7. The van der Waals surface area contributed by atoms with Crippen molar-refractivity contribution >= 4 is 11.6 Å². The number of carbonyl (C=O) groups is 1. The van der Waals surface area contributed by atoms with Crippen LogP contribution in [0.15, 0.2) is 30.3 Å². The minimum Gasteiger partial charge on any atom is -0.369 e. The molecule has 0 saturated carbocycles. The molecule has 18 heavy (non-hydrogen) atoms. The molecule has 1 atom stereocenters. The van der Waals surface area contributed by atoms with E-state index in [-0.39, 0.29) is 18.1 Å². The number of hydrogen-bond acceptors (Lipinski definition) is 3. The number of amides is 1. The quantitative estimate of drug-likeness (QED) is 0.809. The molecular weight excluding hydrogens is 228 g/mol. The van der Waals surface area contributed by atoms with Crippen LogP contribution in [-0.2, 0) is 9.53 Å².